The van der Waals surface area contributed by atoms with Crippen LogP contribution in [0.3, 0.4) is 0 Å². The van der Waals surface area contributed by atoms with Crippen molar-refractivity contribution in [2.75, 3.05) is 9.80 Å². The molecule has 14 aromatic rings. The number of allylic oxidation sites excluding steroid dienone is 4. The van der Waals surface area contributed by atoms with E-state index in [0.29, 0.717) is 29.1 Å². The summed E-state index contributed by atoms with van der Waals surface area (Å²) in [6, 6.07) is 99.7. The predicted octanol–water partition coefficient (Wildman–Crippen LogP) is 29.0. The largest absolute Gasteiger partial charge is 0.464 e. The molecule has 6 heterocycles. The van der Waals surface area contributed by atoms with Gasteiger partial charge in [-0.25, -0.2) is 31.9 Å². The first-order valence-electron chi connectivity index (χ1n) is 52.7. The number of halogens is 15. The van der Waals surface area contributed by atoms with Gasteiger partial charge in [0.15, 0.2) is 69.0 Å². The number of aromatic nitrogens is 2. The Balaban J connectivity index is 0.000000110. The molecule has 9 fully saturated rings. The molecule has 9 saturated carbocycles. The first kappa shape index (κ1) is 101. The van der Waals surface area contributed by atoms with E-state index in [1.807, 2.05) is 48.9 Å². The highest BCUT2D eigenvalue weighted by Crippen LogP contribution is 2.70. The van der Waals surface area contributed by atoms with Crippen molar-refractivity contribution < 1.29 is 84.2 Å². The molecule has 768 valence electrons. The van der Waals surface area contributed by atoms with Gasteiger partial charge < -0.3 is 28.1 Å². The van der Waals surface area contributed by atoms with Crippen LogP contribution in [0.25, 0.3) is 33.7 Å². The van der Waals surface area contributed by atoms with Gasteiger partial charge in [0.1, 0.15) is 28.1 Å². The number of ether oxygens (including phenoxy) is 2. The highest BCUT2D eigenvalue weighted by Gasteiger charge is 2.96. The van der Waals surface area contributed by atoms with Crippen molar-refractivity contribution >= 4 is 91.2 Å². The smallest absolute Gasteiger partial charge is 0.384 e. The molecule has 0 amide bonds. The lowest BCUT2D eigenvalue weighted by molar-refractivity contribution is -0.452. The minimum Gasteiger partial charge on any atom is -0.464 e. The van der Waals surface area contributed by atoms with Crippen LogP contribution in [0.2, 0.25) is 0 Å². The van der Waals surface area contributed by atoms with E-state index >= 15 is 0 Å². The van der Waals surface area contributed by atoms with Crippen molar-refractivity contribution in [2.24, 2.45) is 17.8 Å². The maximum atomic E-state index is 13.9. The van der Waals surface area contributed by atoms with Crippen LogP contribution in [0.15, 0.2) is 331 Å². The van der Waals surface area contributed by atoms with E-state index in [1.165, 1.54) is 212 Å². The summed E-state index contributed by atoms with van der Waals surface area (Å²) < 4.78 is 223. The van der Waals surface area contributed by atoms with Gasteiger partial charge in [0.05, 0.1) is 11.4 Å². The number of anilines is 2. The van der Waals surface area contributed by atoms with Crippen molar-refractivity contribution in [1.29, 1.82) is 0 Å². The van der Waals surface area contributed by atoms with Crippen LogP contribution >= 0.6 is 0 Å². The van der Waals surface area contributed by atoms with Gasteiger partial charge in [0, 0.05) is 24.5 Å². The number of para-hydroxylation sites is 4. The topological polar surface area (TPSA) is 77.0 Å². The molecule has 4 aliphatic heterocycles. The Kier molecular flexibility index (Phi) is 27.8. The molecule has 0 spiro atoms. The monoisotopic (exact) mass is 2060 g/mol. The number of rotatable bonds is 15. The van der Waals surface area contributed by atoms with Crippen LogP contribution in [0.1, 0.15) is 230 Å². The molecule has 12 aromatic carbocycles. The zero-order valence-electron chi connectivity index (χ0n) is 82.3. The SMILES string of the molecule is C1=CC2Oc3cc4c(cc3N2C=C1)OC1C=CC=CN41.FC1(F)C(c2nc3ccccc3o2)C(F)(F)C(F)(F)C(F)(F)C1(F)F.Fc1c(F)c(F)c(-c2nc3ccccc3o2)c(F)c1F.c1cc(C2CCCCC2)cc([Si](c2cccc(C3CCCCC3)c2)(c2cccc(C3CCCCC3)c2)c2cccc(C3CCCCC3)c2)c1.c1ccc([Si](c2ccccc2)(c2ccccc2)c2cccc(C34CC5CC(CC(C5)C3)C4)c2)cc1. The van der Waals surface area contributed by atoms with Gasteiger partial charge in [0.25, 0.3) is 0 Å². The maximum Gasteiger partial charge on any atom is 0.384 e. The second kappa shape index (κ2) is 41.1. The van der Waals surface area contributed by atoms with Gasteiger partial charge in [-0.3, -0.25) is 0 Å². The van der Waals surface area contributed by atoms with E-state index in [2.05, 4.69) is 249 Å². The van der Waals surface area contributed by atoms with Gasteiger partial charge in [-0.15, -0.1) is 0 Å². The van der Waals surface area contributed by atoms with E-state index in [9.17, 15) is 65.9 Å². The highest BCUT2D eigenvalue weighted by atomic mass is 28.3. The minimum atomic E-state index is -7.00. The molecule has 8 nitrogen and oxygen atoms in total. The lowest BCUT2D eigenvalue weighted by atomic mass is 9.48. The summed E-state index contributed by atoms with van der Waals surface area (Å²) in [6.45, 7) is 0. The number of hydrogen-bond donors (Lipinski definition) is 0. The number of hydrogen-bond acceptors (Lipinski definition) is 8. The van der Waals surface area contributed by atoms with Gasteiger partial charge in [-0.05, 0) is 255 Å². The summed E-state index contributed by atoms with van der Waals surface area (Å²) in [6.07, 6.45) is 52.3. The second-order valence-electron chi connectivity index (χ2n) is 42.6. The Labute approximate surface area is 859 Å². The molecular weight excluding hydrogens is 1950 g/mol. The predicted molar refractivity (Wildman–Crippen MR) is 561 cm³/mol. The lowest BCUT2D eigenvalue weighted by Crippen LogP contribution is -2.76. The molecule has 0 radical (unpaired) electrons. The molecule has 149 heavy (non-hydrogen) atoms. The van der Waals surface area contributed by atoms with E-state index in [0.717, 1.165) is 52.8 Å². The third-order valence-electron chi connectivity index (χ3n) is 33.7. The van der Waals surface area contributed by atoms with Gasteiger partial charge in [-0.1, -0.05) is 326 Å². The number of nitrogens with zero attached hydrogens (tertiary/aromatic N) is 4. The molecule has 0 N–H and O–H groups in total. The third kappa shape index (κ3) is 18.3. The van der Waals surface area contributed by atoms with Crippen LogP contribution < -0.4 is 60.8 Å². The Bertz CT molecular complexity index is 6760. The first-order valence-corrected chi connectivity index (χ1v) is 56.7. The van der Waals surface area contributed by atoms with Crippen LogP contribution in [0.4, 0.5) is 77.2 Å². The second-order valence-corrected chi connectivity index (χ2v) is 50.3. The number of alkyl halides is 10. The van der Waals surface area contributed by atoms with Crippen LogP contribution in [0, 0.1) is 46.8 Å². The zero-order valence-corrected chi connectivity index (χ0v) is 84.3. The molecule has 2 unspecified atom stereocenters. The van der Waals surface area contributed by atoms with Crippen LogP contribution in [-0.4, -0.2) is 68.2 Å². The van der Waals surface area contributed by atoms with Crippen molar-refractivity contribution in [3.63, 3.8) is 0 Å². The fraction of sp³-hybridized carbons (Fsp3) is 0.339. The van der Waals surface area contributed by atoms with Crippen LogP contribution in [0.5, 0.6) is 11.5 Å². The first-order chi connectivity index (χ1) is 72.1. The Morgan fingerprint density at radius 3 is 0.993 bits per heavy atom. The average molecular weight is 2070 g/mol. The summed E-state index contributed by atoms with van der Waals surface area (Å²) in [4.78, 5) is 11.0. The molecule has 4 bridgehead atoms. The molecule has 13 aliphatic rings. The fourth-order valence-electron chi connectivity index (χ4n) is 26.7. The molecule has 2 aromatic heterocycles. The fourth-order valence-corrected chi connectivity index (χ4v) is 36.4. The standard InChI is InChI=1S/C48H60Si.C34H34Si.C16H12N2O2.C13H5F10NO.C13H4F5NO/c1-5-17-37(18-6-1)41-25-13-29-45(33-41)49(46-30-14-26-42(34-46)38-19-7-2-8-20-38,47-31-15-27-43(35-47)39-21-9-3-10-22-39)48-32-16-28-44(36-48)40-23-11-4-12-24-40;1-4-12-30(13-5-1)35(31-14-6-2-7-15-31,32-16-8-3-9-17-32)33-18-10-11-29(22-33)34-23-26-19-27(24-34)21-28(20-26)25-34;1-3-7-17-11-9-14-12(10-13(11)19-15(17)5-1)18-8-4-2-6-16(18)20-14;14-9(15)7(8-24-5-3-1-2-4-6(5)25-8)10(16,17)12(20,21)13(22,23)11(9,18)19;14-8-7(9(15)11(17)12(18)10(8)16)13-19-5-3-1-2-4-6(5)20-13/h13-16,25-40H,1-12,17-24H2;1-18,22,26-28H,19-21,23-25H2;1-10,15-16H;1-4,7H;1-4H. The summed E-state index contributed by atoms with van der Waals surface area (Å²) in [5.41, 5.74) is 8.96. The Morgan fingerprint density at radius 2 is 0.624 bits per heavy atom. The molecule has 27 rings (SSSR count). The number of fused-ring (bicyclic) bond motifs is 8. The van der Waals surface area contributed by atoms with Gasteiger partial charge >= 0.3 is 29.6 Å². The molecule has 9 aliphatic carbocycles. The summed E-state index contributed by atoms with van der Waals surface area (Å²) in [7, 11) is -5.13. The zero-order chi connectivity index (χ0) is 103. The van der Waals surface area contributed by atoms with Crippen molar-refractivity contribution in [3.8, 4) is 23.0 Å². The van der Waals surface area contributed by atoms with Gasteiger partial charge in [-0.2, -0.15) is 43.9 Å². The lowest BCUT2D eigenvalue weighted by Gasteiger charge is -2.57. The van der Waals surface area contributed by atoms with Crippen molar-refractivity contribution in [1.82, 2.24) is 9.97 Å². The molecular formula is C124H115F15N4O4Si2. The minimum absolute atomic E-state index is 0.0369. The average Bonchev–Trinajstić information content (AvgIpc) is 1.58. The molecule has 0 saturated heterocycles. The summed E-state index contributed by atoms with van der Waals surface area (Å²) in [5.74, 6) is -42.8. The highest BCUT2D eigenvalue weighted by molar-refractivity contribution is 7.20. The van der Waals surface area contributed by atoms with Crippen molar-refractivity contribution in [3.05, 3.63) is 385 Å². The van der Waals surface area contributed by atoms with E-state index < -0.39 is 104 Å². The van der Waals surface area contributed by atoms with E-state index in [1.54, 1.807) is 60.7 Å². The van der Waals surface area contributed by atoms with E-state index in [-0.39, 0.29) is 29.1 Å². The van der Waals surface area contributed by atoms with E-state index in [4.69, 9.17) is 13.9 Å². The number of benzene rings is 12. The summed E-state index contributed by atoms with van der Waals surface area (Å²) >= 11 is 0. The third-order valence-corrected chi connectivity index (χ3v) is 43.2. The van der Waals surface area contributed by atoms with Crippen molar-refractivity contribution in [2.45, 2.75) is 244 Å². The van der Waals surface area contributed by atoms with Gasteiger partial charge in [0.2, 0.25) is 17.6 Å². The quantitative estimate of drug-likeness (QED) is 0.0330. The molecule has 2 atom stereocenters. The molecule has 25 heteroatoms. The Morgan fingerprint density at radius 1 is 0.302 bits per heavy atom. The van der Waals surface area contributed by atoms with Crippen LogP contribution in [-0.2, 0) is 5.41 Å². The Hall–Kier alpha value is -12.9. The summed E-state index contributed by atoms with van der Waals surface area (Å²) in [5, 5.41) is 12.4. The normalized spacial score (nSPS) is 22.8. The number of oxazole rings is 2. The maximum absolute atomic E-state index is 13.9.